The molecule has 1 amide bonds. The monoisotopic (exact) mass is 320 g/mol. The minimum absolute atomic E-state index is 0.103. The van der Waals surface area contributed by atoms with Crippen LogP contribution in [0, 0.1) is 27.7 Å². The summed E-state index contributed by atoms with van der Waals surface area (Å²) in [5, 5.41) is 3.71. The summed E-state index contributed by atoms with van der Waals surface area (Å²) in [6.07, 6.45) is 0.103. The van der Waals surface area contributed by atoms with Gasteiger partial charge in [0.15, 0.2) is 0 Å². The van der Waals surface area contributed by atoms with Gasteiger partial charge in [-0.2, -0.15) is 0 Å². The van der Waals surface area contributed by atoms with Gasteiger partial charge in [0.1, 0.15) is 10.8 Å². The standard InChI is InChI=1S/C15H20N4O2S/c1-8-12(18-11(4)19(5)15(8)21)6-13(20)16-7-14-17-9(2)10(3)22-14/h6-7H2,1-5H3,(H,16,20). The van der Waals surface area contributed by atoms with Crippen LogP contribution in [0.2, 0.25) is 0 Å². The van der Waals surface area contributed by atoms with Gasteiger partial charge in [-0.3, -0.25) is 14.2 Å². The molecule has 0 aliphatic carbocycles. The van der Waals surface area contributed by atoms with Crippen molar-refractivity contribution in [1.82, 2.24) is 19.9 Å². The maximum Gasteiger partial charge on any atom is 0.256 e. The Balaban J connectivity index is 2.05. The van der Waals surface area contributed by atoms with Crippen molar-refractivity contribution in [3.63, 3.8) is 0 Å². The summed E-state index contributed by atoms with van der Waals surface area (Å²) in [5.41, 5.74) is 1.93. The van der Waals surface area contributed by atoms with E-state index in [-0.39, 0.29) is 17.9 Å². The molecule has 7 heteroatoms. The smallest absolute Gasteiger partial charge is 0.256 e. The molecule has 0 saturated carbocycles. The van der Waals surface area contributed by atoms with E-state index >= 15 is 0 Å². The molecule has 2 aromatic rings. The second-order valence-electron chi connectivity index (χ2n) is 5.30. The summed E-state index contributed by atoms with van der Waals surface area (Å²) in [6, 6.07) is 0. The number of aromatic nitrogens is 3. The normalized spacial score (nSPS) is 10.8. The average molecular weight is 320 g/mol. The number of aryl methyl sites for hydroxylation is 3. The van der Waals surface area contributed by atoms with E-state index in [1.165, 1.54) is 4.57 Å². The van der Waals surface area contributed by atoms with Crippen molar-refractivity contribution < 1.29 is 4.79 Å². The fourth-order valence-corrected chi connectivity index (χ4v) is 2.93. The molecule has 118 valence electrons. The Labute approximate surface area is 133 Å². The molecule has 2 rings (SSSR count). The van der Waals surface area contributed by atoms with Gasteiger partial charge < -0.3 is 5.32 Å². The largest absolute Gasteiger partial charge is 0.349 e. The topological polar surface area (TPSA) is 76.9 Å². The van der Waals surface area contributed by atoms with E-state index in [0.29, 0.717) is 23.6 Å². The van der Waals surface area contributed by atoms with Gasteiger partial charge in [-0.1, -0.05) is 0 Å². The van der Waals surface area contributed by atoms with Crippen LogP contribution < -0.4 is 10.9 Å². The van der Waals surface area contributed by atoms with Crippen molar-refractivity contribution in [2.75, 3.05) is 0 Å². The highest BCUT2D eigenvalue weighted by Crippen LogP contribution is 2.16. The molecule has 0 atom stereocenters. The zero-order valence-electron chi connectivity index (χ0n) is 13.5. The number of carbonyl (C=O) groups is 1. The predicted octanol–water partition coefficient (Wildman–Crippen LogP) is 1.33. The van der Waals surface area contributed by atoms with Crippen LogP contribution in [0.15, 0.2) is 4.79 Å². The van der Waals surface area contributed by atoms with Crippen molar-refractivity contribution in [2.45, 2.75) is 40.7 Å². The molecule has 2 heterocycles. The first-order chi connectivity index (χ1) is 10.3. The lowest BCUT2D eigenvalue weighted by Gasteiger charge is -2.09. The van der Waals surface area contributed by atoms with Gasteiger partial charge in [-0.05, 0) is 27.7 Å². The van der Waals surface area contributed by atoms with Crippen LogP contribution in [0.1, 0.15) is 32.7 Å². The number of thiazole rings is 1. The lowest BCUT2D eigenvalue weighted by atomic mass is 10.2. The van der Waals surface area contributed by atoms with Crippen LogP contribution in [0.5, 0.6) is 0 Å². The van der Waals surface area contributed by atoms with Crippen molar-refractivity contribution in [1.29, 1.82) is 0 Å². The zero-order chi connectivity index (χ0) is 16.4. The first-order valence-corrected chi connectivity index (χ1v) is 7.84. The summed E-state index contributed by atoms with van der Waals surface area (Å²) in [5.74, 6) is 0.443. The Bertz CT molecular complexity index is 757. The fraction of sp³-hybridized carbons (Fsp3) is 0.467. The molecule has 0 bridgehead atoms. The van der Waals surface area contributed by atoms with Crippen LogP contribution in [0.3, 0.4) is 0 Å². The molecule has 0 aromatic carbocycles. The Hall–Kier alpha value is -2.02. The number of hydrogen-bond acceptors (Lipinski definition) is 5. The second-order valence-corrected chi connectivity index (χ2v) is 6.59. The summed E-state index contributed by atoms with van der Waals surface area (Å²) >= 11 is 1.58. The molecule has 0 spiro atoms. The molecule has 0 aliphatic rings. The molecule has 0 saturated heterocycles. The van der Waals surface area contributed by atoms with Crippen LogP contribution in [0.25, 0.3) is 0 Å². The van der Waals surface area contributed by atoms with Gasteiger partial charge in [0.05, 0.1) is 24.4 Å². The van der Waals surface area contributed by atoms with Gasteiger partial charge in [0, 0.05) is 17.5 Å². The van der Waals surface area contributed by atoms with Crippen molar-refractivity contribution in [3.8, 4) is 0 Å². The molecule has 0 radical (unpaired) electrons. The summed E-state index contributed by atoms with van der Waals surface area (Å²) in [6.45, 7) is 7.82. The Kier molecular flexibility index (Phi) is 4.75. The van der Waals surface area contributed by atoms with E-state index < -0.39 is 0 Å². The van der Waals surface area contributed by atoms with Crippen molar-refractivity contribution >= 4 is 17.2 Å². The molecule has 6 nitrogen and oxygen atoms in total. The molecule has 0 fully saturated rings. The van der Waals surface area contributed by atoms with Gasteiger partial charge in [0.2, 0.25) is 5.91 Å². The van der Waals surface area contributed by atoms with Crippen molar-refractivity contribution in [3.05, 3.63) is 43.0 Å². The predicted molar refractivity (Wildman–Crippen MR) is 86.1 cm³/mol. The second kappa shape index (κ2) is 6.39. The molecule has 0 aliphatic heterocycles. The van der Waals surface area contributed by atoms with Crippen LogP contribution in [-0.4, -0.2) is 20.4 Å². The number of hydrogen-bond donors (Lipinski definition) is 1. The fourth-order valence-electron chi connectivity index (χ4n) is 2.05. The quantitative estimate of drug-likeness (QED) is 0.922. The first-order valence-electron chi connectivity index (χ1n) is 7.02. The number of nitrogens with one attached hydrogen (secondary N) is 1. The highest BCUT2D eigenvalue weighted by atomic mass is 32.1. The minimum Gasteiger partial charge on any atom is -0.349 e. The Morgan fingerprint density at radius 2 is 1.91 bits per heavy atom. The van der Waals surface area contributed by atoms with Crippen LogP contribution in [-0.2, 0) is 24.8 Å². The average Bonchev–Trinajstić information content (AvgIpc) is 2.79. The van der Waals surface area contributed by atoms with E-state index in [4.69, 9.17) is 0 Å². The highest BCUT2D eigenvalue weighted by Gasteiger charge is 2.13. The SMILES string of the molecule is Cc1nc(CNC(=O)Cc2nc(C)n(C)c(=O)c2C)sc1C. The summed E-state index contributed by atoms with van der Waals surface area (Å²) < 4.78 is 1.48. The Morgan fingerprint density at radius 3 is 2.50 bits per heavy atom. The van der Waals surface area contributed by atoms with Crippen LogP contribution in [0.4, 0.5) is 0 Å². The number of nitrogens with zero attached hydrogens (tertiary/aromatic N) is 3. The highest BCUT2D eigenvalue weighted by molar-refractivity contribution is 7.11. The van der Waals surface area contributed by atoms with E-state index in [1.807, 2.05) is 13.8 Å². The van der Waals surface area contributed by atoms with E-state index in [9.17, 15) is 9.59 Å². The zero-order valence-corrected chi connectivity index (χ0v) is 14.3. The maximum absolute atomic E-state index is 12.1. The third-order valence-electron chi connectivity index (χ3n) is 3.68. The molecular weight excluding hydrogens is 300 g/mol. The minimum atomic E-state index is -0.159. The van der Waals surface area contributed by atoms with Gasteiger partial charge in [0.25, 0.3) is 5.56 Å². The number of amides is 1. The first kappa shape index (κ1) is 16.4. The van der Waals surface area contributed by atoms with Gasteiger partial charge >= 0.3 is 0 Å². The third kappa shape index (κ3) is 3.41. The van der Waals surface area contributed by atoms with E-state index in [0.717, 1.165) is 15.6 Å². The lowest BCUT2D eigenvalue weighted by molar-refractivity contribution is -0.120. The molecule has 2 aromatic heterocycles. The van der Waals surface area contributed by atoms with E-state index in [1.54, 1.807) is 32.2 Å². The summed E-state index contributed by atoms with van der Waals surface area (Å²) in [4.78, 5) is 33.9. The van der Waals surface area contributed by atoms with E-state index in [2.05, 4.69) is 15.3 Å². The maximum atomic E-state index is 12.1. The van der Waals surface area contributed by atoms with Gasteiger partial charge in [-0.25, -0.2) is 9.97 Å². The lowest BCUT2D eigenvalue weighted by Crippen LogP contribution is -2.29. The number of rotatable bonds is 4. The molecule has 1 N–H and O–H groups in total. The third-order valence-corrected chi connectivity index (χ3v) is 4.75. The molecular formula is C15H20N4O2S. The number of carbonyl (C=O) groups excluding carboxylic acids is 1. The van der Waals surface area contributed by atoms with Crippen LogP contribution >= 0.6 is 11.3 Å². The molecule has 22 heavy (non-hydrogen) atoms. The summed E-state index contributed by atoms with van der Waals surface area (Å²) in [7, 11) is 1.68. The molecule has 0 unspecified atom stereocenters. The Morgan fingerprint density at radius 1 is 1.23 bits per heavy atom. The van der Waals surface area contributed by atoms with Crippen molar-refractivity contribution in [2.24, 2.45) is 7.05 Å². The van der Waals surface area contributed by atoms with Gasteiger partial charge in [-0.15, -0.1) is 11.3 Å².